The highest BCUT2D eigenvalue weighted by atomic mass is 35.5. The van der Waals surface area contributed by atoms with Crippen LogP contribution in [0, 0.1) is 5.82 Å². The van der Waals surface area contributed by atoms with E-state index in [0.29, 0.717) is 19.1 Å². The second-order valence-electron chi connectivity index (χ2n) is 6.43. The number of halogens is 2. The maximum absolute atomic E-state index is 13.3. The lowest BCUT2D eigenvalue weighted by atomic mass is 10.0. The summed E-state index contributed by atoms with van der Waals surface area (Å²) in [6.07, 6.45) is 3.57. The van der Waals surface area contributed by atoms with Crippen molar-refractivity contribution >= 4 is 21.6 Å². The molecule has 1 aromatic rings. The molecule has 1 aromatic carbocycles. The van der Waals surface area contributed by atoms with Crippen LogP contribution in [0.5, 0.6) is 0 Å². The van der Waals surface area contributed by atoms with Gasteiger partial charge in [0.05, 0.1) is 16.5 Å². The van der Waals surface area contributed by atoms with Crippen molar-refractivity contribution in [2.75, 3.05) is 26.2 Å². The molecule has 0 aliphatic carbocycles. The average molecular weight is 377 g/mol. The van der Waals surface area contributed by atoms with Gasteiger partial charge in [-0.15, -0.1) is 0 Å². The summed E-state index contributed by atoms with van der Waals surface area (Å²) in [4.78, 5) is 2.35. The van der Waals surface area contributed by atoms with Gasteiger partial charge >= 0.3 is 0 Å². The summed E-state index contributed by atoms with van der Waals surface area (Å²) in [5.74, 6) is -0.626. The van der Waals surface area contributed by atoms with Gasteiger partial charge in [-0.05, 0) is 50.4 Å². The molecular formula is C16H22ClFN2O3S. The van der Waals surface area contributed by atoms with Crippen LogP contribution in [0.1, 0.15) is 25.7 Å². The zero-order chi connectivity index (χ0) is 17.3. The Morgan fingerprint density at radius 2 is 1.92 bits per heavy atom. The molecule has 134 valence electrons. The van der Waals surface area contributed by atoms with E-state index in [2.05, 4.69) is 4.90 Å². The average Bonchev–Trinajstić information content (AvgIpc) is 3.06. The predicted octanol–water partition coefficient (Wildman–Crippen LogP) is 2.09. The number of aliphatic hydroxyl groups is 1. The van der Waals surface area contributed by atoms with Crippen LogP contribution in [-0.2, 0) is 10.0 Å². The molecule has 2 aliphatic heterocycles. The topological polar surface area (TPSA) is 60.9 Å². The Morgan fingerprint density at radius 1 is 1.21 bits per heavy atom. The minimum absolute atomic E-state index is 0.0294. The molecule has 5 nitrogen and oxygen atoms in total. The van der Waals surface area contributed by atoms with E-state index in [1.54, 1.807) is 0 Å². The van der Waals surface area contributed by atoms with Gasteiger partial charge < -0.3 is 5.11 Å². The Kier molecular flexibility index (Phi) is 5.46. The number of nitrogens with zero attached hydrogens (tertiary/aromatic N) is 2. The molecule has 1 unspecified atom stereocenters. The summed E-state index contributed by atoms with van der Waals surface area (Å²) in [5.41, 5.74) is 0. The maximum atomic E-state index is 13.3. The van der Waals surface area contributed by atoms with Gasteiger partial charge in [-0.3, -0.25) is 4.90 Å². The molecule has 2 saturated heterocycles. The van der Waals surface area contributed by atoms with E-state index < -0.39 is 15.8 Å². The summed E-state index contributed by atoms with van der Waals surface area (Å²) in [6, 6.07) is 4.02. The number of aliphatic hydroxyl groups excluding tert-OH is 1. The van der Waals surface area contributed by atoms with Crippen molar-refractivity contribution in [3.8, 4) is 0 Å². The molecule has 2 aliphatic rings. The molecule has 2 fully saturated rings. The zero-order valence-corrected chi connectivity index (χ0v) is 14.9. The lowest BCUT2D eigenvalue weighted by molar-refractivity contribution is 0.0899. The third-order valence-electron chi connectivity index (χ3n) is 5.05. The van der Waals surface area contributed by atoms with Gasteiger partial charge in [0.1, 0.15) is 5.82 Å². The molecule has 2 heterocycles. The van der Waals surface area contributed by atoms with E-state index in [-0.39, 0.29) is 22.6 Å². The molecule has 0 spiro atoms. The van der Waals surface area contributed by atoms with Crippen LogP contribution in [0.3, 0.4) is 0 Å². The first-order valence-electron chi connectivity index (χ1n) is 8.25. The molecule has 0 aromatic heterocycles. The molecule has 0 bridgehead atoms. The summed E-state index contributed by atoms with van der Waals surface area (Å²) in [5, 5.41) is 9.27. The van der Waals surface area contributed by atoms with Gasteiger partial charge in [-0.1, -0.05) is 11.6 Å². The Balaban J connectivity index is 1.68. The van der Waals surface area contributed by atoms with Gasteiger partial charge in [0.2, 0.25) is 10.0 Å². The second kappa shape index (κ2) is 7.25. The van der Waals surface area contributed by atoms with E-state index >= 15 is 0 Å². The van der Waals surface area contributed by atoms with Crippen molar-refractivity contribution in [2.45, 2.75) is 42.7 Å². The fourth-order valence-electron chi connectivity index (χ4n) is 3.74. The normalized spacial score (nSPS) is 24.5. The van der Waals surface area contributed by atoms with E-state index in [1.807, 2.05) is 0 Å². The van der Waals surface area contributed by atoms with Crippen LogP contribution in [0.25, 0.3) is 0 Å². The van der Waals surface area contributed by atoms with Crippen LogP contribution in [0.15, 0.2) is 23.1 Å². The monoisotopic (exact) mass is 376 g/mol. The van der Waals surface area contributed by atoms with Crippen molar-refractivity contribution in [1.82, 2.24) is 9.21 Å². The van der Waals surface area contributed by atoms with Crippen LogP contribution >= 0.6 is 11.6 Å². The zero-order valence-electron chi connectivity index (χ0n) is 13.4. The van der Waals surface area contributed by atoms with E-state index in [1.165, 1.54) is 16.4 Å². The van der Waals surface area contributed by atoms with Crippen LogP contribution in [-0.4, -0.2) is 61.1 Å². The number of benzene rings is 1. The smallest absolute Gasteiger partial charge is 0.243 e. The number of likely N-dealkylation sites (tertiary alicyclic amines) is 1. The Morgan fingerprint density at radius 3 is 2.54 bits per heavy atom. The van der Waals surface area contributed by atoms with E-state index in [9.17, 15) is 17.9 Å². The lowest BCUT2D eigenvalue weighted by Crippen LogP contribution is -2.48. The minimum atomic E-state index is -3.65. The minimum Gasteiger partial charge on any atom is -0.395 e. The molecule has 1 N–H and O–H groups in total. The third-order valence-corrected chi connectivity index (χ3v) is 7.24. The van der Waals surface area contributed by atoms with Crippen molar-refractivity contribution in [3.63, 3.8) is 0 Å². The number of rotatable bonds is 4. The first-order valence-corrected chi connectivity index (χ1v) is 10.1. The van der Waals surface area contributed by atoms with Crippen LogP contribution in [0.4, 0.5) is 4.39 Å². The Bertz CT molecular complexity index is 693. The summed E-state index contributed by atoms with van der Waals surface area (Å²) < 4.78 is 40.1. The summed E-state index contributed by atoms with van der Waals surface area (Å²) in [7, 11) is -3.65. The maximum Gasteiger partial charge on any atom is 0.243 e. The third kappa shape index (κ3) is 3.46. The van der Waals surface area contributed by atoms with Crippen molar-refractivity contribution in [1.29, 1.82) is 0 Å². The van der Waals surface area contributed by atoms with E-state index in [0.717, 1.165) is 38.3 Å². The number of sulfonamides is 1. The molecular weight excluding hydrogens is 355 g/mol. The number of piperidine rings is 1. The predicted molar refractivity (Wildman–Crippen MR) is 90.0 cm³/mol. The fourth-order valence-corrected chi connectivity index (χ4v) is 5.48. The lowest BCUT2D eigenvalue weighted by Gasteiger charge is -2.38. The largest absolute Gasteiger partial charge is 0.395 e. The second-order valence-corrected chi connectivity index (χ2v) is 8.77. The molecule has 8 heteroatoms. The van der Waals surface area contributed by atoms with Gasteiger partial charge in [0.15, 0.2) is 0 Å². The van der Waals surface area contributed by atoms with Crippen molar-refractivity contribution < 1.29 is 17.9 Å². The molecule has 0 radical (unpaired) electrons. The van der Waals surface area contributed by atoms with Crippen molar-refractivity contribution in [3.05, 3.63) is 29.0 Å². The highest BCUT2D eigenvalue weighted by Gasteiger charge is 2.35. The van der Waals surface area contributed by atoms with Crippen molar-refractivity contribution in [2.24, 2.45) is 0 Å². The molecule has 0 saturated carbocycles. The van der Waals surface area contributed by atoms with Crippen LogP contribution in [0.2, 0.25) is 5.02 Å². The molecule has 24 heavy (non-hydrogen) atoms. The highest BCUT2D eigenvalue weighted by molar-refractivity contribution is 7.89. The van der Waals surface area contributed by atoms with Gasteiger partial charge in [-0.2, -0.15) is 4.31 Å². The number of hydrogen-bond donors (Lipinski definition) is 1. The van der Waals surface area contributed by atoms with Gasteiger partial charge in [0.25, 0.3) is 0 Å². The van der Waals surface area contributed by atoms with Crippen LogP contribution < -0.4 is 0 Å². The highest BCUT2D eigenvalue weighted by Crippen LogP contribution is 2.29. The Hall–Kier alpha value is -0.730. The van der Waals surface area contributed by atoms with Gasteiger partial charge in [-0.25, -0.2) is 12.8 Å². The first-order chi connectivity index (χ1) is 11.4. The number of hydrogen-bond acceptors (Lipinski definition) is 4. The SMILES string of the molecule is O=S(=O)(c1ccc(F)c(Cl)c1)N1CCC(N2CCCC2CO)CC1. The summed E-state index contributed by atoms with van der Waals surface area (Å²) >= 11 is 5.71. The molecule has 0 amide bonds. The van der Waals surface area contributed by atoms with E-state index in [4.69, 9.17) is 11.6 Å². The van der Waals surface area contributed by atoms with Gasteiger partial charge in [0, 0.05) is 25.2 Å². The molecule has 3 rings (SSSR count). The fraction of sp³-hybridized carbons (Fsp3) is 0.625. The standard InChI is InChI=1S/C16H22ClFN2O3S/c17-15-10-14(3-4-16(15)18)24(22,23)19-8-5-12(6-9-19)20-7-1-2-13(20)11-21/h3-4,10,12-13,21H,1-2,5-9,11H2. The Labute approximate surface area is 147 Å². The quantitative estimate of drug-likeness (QED) is 0.874. The first kappa shape index (κ1) is 18.1. The summed E-state index contributed by atoms with van der Waals surface area (Å²) in [6.45, 7) is 1.98. The molecule has 1 atom stereocenters.